The van der Waals surface area contributed by atoms with Crippen LogP contribution in [0.2, 0.25) is 5.02 Å². The average molecular weight is 502 g/mol. The van der Waals surface area contributed by atoms with E-state index in [2.05, 4.69) is 15.7 Å². The predicted molar refractivity (Wildman–Crippen MR) is 139 cm³/mol. The number of para-hydroxylation sites is 2. The number of nitrogens with zero attached hydrogens (tertiary/aromatic N) is 5. The Bertz CT molecular complexity index is 1590. The number of non-ortho nitro benzene ring substituents is 1. The zero-order valence-electron chi connectivity index (χ0n) is 19.3. The molecule has 3 aromatic carbocycles. The van der Waals surface area contributed by atoms with E-state index in [1.807, 2.05) is 43.3 Å². The van der Waals surface area contributed by atoms with Crippen molar-refractivity contribution in [3.05, 3.63) is 93.6 Å². The number of hydrogen-bond acceptors (Lipinski definition) is 8. The molecule has 0 aliphatic heterocycles. The summed E-state index contributed by atoms with van der Waals surface area (Å²) in [6.07, 6.45) is 0. The molecule has 2 N–H and O–H groups in total. The van der Waals surface area contributed by atoms with Gasteiger partial charge in [-0.2, -0.15) is 5.10 Å². The molecule has 5 aromatic rings. The minimum atomic E-state index is -0.439. The number of nitro groups is 1. The topological polar surface area (TPSA) is 120 Å². The maximum atomic E-state index is 11.0. The Labute approximate surface area is 210 Å². The molecule has 36 heavy (non-hydrogen) atoms. The molecule has 0 radical (unpaired) electrons. The summed E-state index contributed by atoms with van der Waals surface area (Å²) in [5, 5.41) is 22.6. The number of ether oxygens (including phenoxy) is 1. The second-order valence-electron chi connectivity index (χ2n) is 7.87. The zero-order chi connectivity index (χ0) is 25.2. The Morgan fingerprint density at radius 2 is 1.61 bits per heavy atom. The van der Waals surface area contributed by atoms with Crippen LogP contribution in [0.5, 0.6) is 5.75 Å². The van der Waals surface area contributed by atoms with Gasteiger partial charge in [-0.05, 0) is 49.4 Å². The number of methoxy groups -OCH3 is 1. The van der Waals surface area contributed by atoms with Crippen LogP contribution < -0.4 is 15.4 Å². The number of aryl methyl sites for hydroxylation is 1. The lowest BCUT2D eigenvalue weighted by Crippen LogP contribution is -2.07. The molecule has 0 spiro atoms. The van der Waals surface area contributed by atoms with Crippen LogP contribution in [0, 0.1) is 17.0 Å². The summed E-state index contributed by atoms with van der Waals surface area (Å²) in [5.41, 5.74) is 3.53. The Morgan fingerprint density at radius 1 is 0.944 bits per heavy atom. The first-order valence-corrected chi connectivity index (χ1v) is 11.2. The highest BCUT2D eigenvalue weighted by atomic mass is 35.5. The summed E-state index contributed by atoms with van der Waals surface area (Å²) >= 11 is 6.31. The Balaban J connectivity index is 1.55. The van der Waals surface area contributed by atoms with E-state index in [1.165, 1.54) is 12.1 Å². The molecule has 2 heterocycles. The summed E-state index contributed by atoms with van der Waals surface area (Å²) in [4.78, 5) is 20.2. The normalized spacial score (nSPS) is 10.9. The average Bonchev–Trinajstić information content (AvgIpc) is 3.24. The number of nitro benzene ring substituents is 1. The van der Waals surface area contributed by atoms with Crippen LogP contribution in [-0.2, 0) is 0 Å². The van der Waals surface area contributed by atoms with E-state index in [9.17, 15) is 10.1 Å². The van der Waals surface area contributed by atoms with Crippen LogP contribution in [0.3, 0.4) is 0 Å². The Hall–Kier alpha value is -4.70. The number of fused-ring (bicyclic) bond motifs is 1. The molecule has 0 aliphatic rings. The second-order valence-corrected chi connectivity index (χ2v) is 8.27. The van der Waals surface area contributed by atoms with Gasteiger partial charge in [0.15, 0.2) is 11.6 Å². The fraction of sp³-hybridized carbons (Fsp3) is 0.0800. The molecule has 0 saturated heterocycles. The molecule has 0 saturated carbocycles. The van der Waals surface area contributed by atoms with E-state index in [-0.39, 0.29) is 5.69 Å². The predicted octanol–water partition coefficient (Wildman–Crippen LogP) is 6.18. The Morgan fingerprint density at radius 3 is 2.22 bits per heavy atom. The maximum Gasteiger partial charge on any atom is 0.269 e. The van der Waals surface area contributed by atoms with Crippen LogP contribution >= 0.6 is 11.6 Å². The lowest BCUT2D eigenvalue weighted by atomic mass is 10.2. The standard InChI is InChI=1S/C25H20ClN7O3/c1-15-13-23(32(31-15)17-8-10-18(11-9-17)33(34)35)30-25-24(28-20-5-3-4-6-21(20)29-25)27-16-7-12-22(36-2)19(26)14-16/h3-14H,1-2H3,(H,27,28)(H,29,30). The number of benzene rings is 3. The van der Waals surface area contributed by atoms with Crippen molar-refractivity contribution in [1.82, 2.24) is 19.7 Å². The molecular weight excluding hydrogens is 482 g/mol. The van der Waals surface area contributed by atoms with Crippen molar-refractivity contribution < 1.29 is 9.66 Å². The first-order chi connectivity index (χ1) is 17.4. The number of rotatable bonds is 7. The van der Waals surface area contributed by atoms with E-state index in [1.54, 1.807) is 36.1 Å². The molecule has 0 amide bonds. The van der Waals surface area contributed by atoms with E-state index >= 15 is 0 Å². The monoisotopic (exact) mass is 501 g/mol. The SMILES string of the molecule is COc1ccc(Nc2nc3ccccc3nc2Nc2cc(C)nn2-c2ccc([N+](=O)[O-])cc2)cc1Cl. The van der Waals surface area contributed by atoms with Gasteiger partial charge < -0.3 is 15.4 Å². The molecule has 0 aliphatic carbocycles. The third-order valence-corrected chi connectivity index (χ3v) is 5.66. The number of hydrogen-bond donors (Lipinski definition) is 2. The molecule has 0 bridgehead atoms. The van der Waals surface area contributed by atoms with Crippen LogP contribution in [0.15, 0.2) is 72.8 Å². The van der Waals surface area contributed by atoms with Crippen molar-refractivity contribution in [3.63, 3.8) is 0 Å². The molecule has 0 atom stereocenters. The fourth-order valence-electron chi connectivity index (χ4n) is 3.68. The van der Waals surface area contributed by atoms with Crippen molar-refractivity contribution in [1.29, 1.82) is 0 Å². The van der Waals surface area contributed by atoms with Gasteiger partial charge in [-0.3, -0.25) is 10.1 Å². The van der Waals surface area contributed by atoms with Crippen LogP contribution in [-0.4, -0.2) is 31.8 Å². The van der Waals surface area contributed by atoms with E-state index in [4.69, 9.17) is 26.3 Å². The Kier molecular flexibility index (Phi) is 6.09. The first-order valence-electron chi connectivity index (χ1n) is 10.9. The highest BCUT2D eigenvalue weighted by molar-refractivity contribution is 6.32. The number of aromatic nitrogens is 4. The van der Waals surface area contributed by atoms with Gasteiger partial charge in [-0.15, -0.1) is 0 Å². The summed E-state index contributed by atoms with van der Waals surface area (Å²) in [6.45, 7) is 1.86. The third kappa shape index (κ3) is 4.62. The van der Waals surface area contributed by atoms with Crippen molar-refractivity contribution in [2.75, 3.05) is 17.7 Å². The minimum Gasteiger partial charge on any atom is -0.495 e. The highest BCUT2D eigenvalue weighted by Gasteiger charge is 2.15. The molecule has 0 unspecified atom stereocenters. The number of halogens is 1. The molecule has 0 fully saturated rings. The largest absolute Gasteiger partial charge is 0.495 e. The fourth-order valence-corrected chi connectivity index (χ4v) is 3.94. The van der Waals surface area contributed by atoms with Crippen molar-refractivity contribution >= 4 is 51.5 Å². The highest BCUT2D eigenvalue weighted by Crippen LogP contribution is 2.32. The van der Waals surface area contributed by atoms with E-state index < -0.39 is 4.92 Å². The van der Waals surface area contributed by atoms with Gasteiger partial charge in [-0.1, -0.05) is 23.7 Å². The minimum absolute atomic E-state index is 0.00201. The van der Waals surface area contributed by atoms with Gasteiger partial charge >= 0.3 is 0 Å². The molecular formula is C25H20ClN7O3. The lowest BCUT2D eigenvalue weighted by Gasteiger charge is -2.15. The second kappa shape index (κ2) is 9.51. The summed E-state index contributed by atoms with van der Waals surface area (Å²) < 4.78 is 6.90. The number of anilines is 4. The molecule has 180 valence electrons. The van der Waals surface area contributed by atoms with E-state index in [0.717, 1.165) is 5.69 Å². The van der Waals surface area contributed by atoms with Crippen LogP contribution in [0.25, 0.3) is 16.7 Å². The summed E-state index contributed by atoms with van der Waals surface area (Å²) in [5.74, 6) is 2.11. The molecule has 10 nitrogen and oxygen atoms in total. The maximum absolute atomic E-state index is 11.0. The van der Waals surface area contributed by atoms with Gasteiger partial charge in [0.05, 0.1) is 39.5 Å². The quantitative estimate of drug-likeness (QED) is 0.200. The van der Waals surface area contributed by atoms with Gasteiger partial charge in [0.25, 0.3) is 5.69 Å². The summed E-state index contributed by atoms with van der Waals surface area (Å²) in [7, 11) is 1.56. The first kappa shape index (κ1) is 23.1. The van der Waals surface area contributed by atoms with Crippen molar-refractivity contribution in [2.45, 2.75) is 6.92 Å². The van der Waals surface area contributed by atoms with Crippen LogP contribution in [0.4, 0.5) is 28.8 Å². The summed E-state index contributed by atoms with van der Waals surface area (Å²) in [6, 6.07) is 20.9. The van der Waals surface area contributed by atoms with Gasteiger partial charge in [-0.25, -0.2) is 14.6 Å². The van der Waals surface area contributed by atoms with Gasteiger partial charge in [0.2, 0.25) is 0 Å². The zero-order valence-corrected chi connectivity index (χ0v) is 20.0. The van der Waals surface area contributed by atoms with E-state index in [0.29, 0.717) is 50.6 Å². The molecule has 2 aromatic heterocycles. The number of nitrogens with one attached hydrogen (secondary N) is 2. The van der Waals surface area contributed by atoms with Gasteiger partial charge in [0.1, 0.15) is 11.6 Å². The smallest absolute Gasteiger partial charge is 0.269 e. The lowest BCUT2D eigenvalue weighted by molar-refractivity contribution is -0.384. The van der Waals surface area contributed by atoms with Gasteiger partial charge in [0, 0.05) is 23.9 Å². The third-order valence-electron chi connectivity index (χ3n) is 5.37. The molecule has 11 heteroatoms. The molecule has 5 rings (SSSR count). The van der Waals surface area contributed by atoms with Crippen molar-refractivity contribution in [3.8, 4) is 11.4 Å². The van der Waals surface area contributed by atoms with Crippen molar-refractivity contribution in [2.24, 2.45) is 0 Å². The van der Waals surface area contributed by atoms with Crippen LogP contribution in [0.1, 0.15) is 5.69 Å².